The Labute approximate surface area is 130 Å². The topological polar surface area (TPSA) is 75.9 Å². The molecule has 22 heavy (non-hydrogen) atoms. The van der Waals surface area contributed by atoms with E-state index in [9.17, 15) is 5.11 Å². The van der Waals surface area contributed by atoms with Gasteiger partial charge < -0.3 is 10.4 Å². The average molecular weight is 301 g/mol. The third-order valence-corrected chi connectivity index (χ3v) is 4.58. The molecule has 1 heterocycles. The summed E-state index contributed by atoms with van der Waals surface area (Å²) in [6.07, 6.45) is 6.20. The Bertz CT molecular complexity index is 563. The molecule has 1 aromatic heterocycles. The Morgan fingerprint density at radius 2 is 2.00 bits per heavy atom. The molecule has 0 aliphatic heterocycles. The second-order valence-corrected chi connectivity index (χ2v) is 6.09. The Hall–Kier alpha value is -1.79. The predicted octanol–water partition coefficient (Wildman–Crippen LogP) is 1.86. The summed E-state index contributed by atoms with van der Waals surface area (Å²) in [4.78, 5) is 0. The van der Waals surface area contributed by atoms with E-state index in [2.05, 4.69) is 39.9 Å². The van der Waals surface area contributed by atoms with E-state index in [-0.39, 0.29) is 12.1 Å². The summed E-state index contributed by atoms with van der Waals surface area (Å²) in [6, 6.07) is 8.33. The zero-order chi connectivity index (χ0) is 15.4. The highest BCUT2D eigenvalue weighted by Crippen LogP contribution is 2.27. The Morgan fingerprint density at radius 3 is 2.64 bits per heavy atom. The van der Waals surface area contributed by atoms with Crippen molar-refractivity contribution < 1.29 is 5.11 Å². The van der Waals surface area contributed by atoms with Gasteiger partial charge in [-0.1, -0.05) is 25.0 Å². The van der Waals surface area contributed by atoms with Crippen LogP contribution in [0, 0.1) is 5.92 Å². The van der Waals surface area contributed by atoms with Crippen LogP contribution in [0.4, 0.5) is 0 Å². The number of rotatable bonds is 6. The second-order valence-electron chi connectivity index (χ2n) is 6.09. The number of nitrogens with one attached hydrogen (secondary N) is 1. The van der Waals surface area contributed by atoms with Gasteiger partial charge in [0.1, 0.15) is 6.33 Å². The van der Waals surface area contributed by atoms with Gasteiger partial charge in [-0.25, -0.2) is 4.68 Å². The van der Waals surface area contributed by atoms with Crippen molar-refractivity contribution in [2.75, 3.05) is 6.54 Å². The lowest BCUT2D eigenvalue weighted by Crippen LogP contribution is -2.33. The number of aromatic nitrogens is 4. The molecule has 2 atom stereocenters. The number of aliphatic hydroxyl groups excluding tert-OH is 1. The molecule has 118 valence electrons. The predicted molar refractivity (Wildman–Crippen MR) is 83.5 cm³/mol. The van der Waals surface area contributed by atoms with Crippen molar-refractivity contribution in [3.63, 3.8) is 0 Å². The van der Waals surface area contributed by atoms with Crippen LogP contribution < -0.4 is 5.32 Å². The van der Waals surface area contributed by atoms with E-state index < -0.39 is 0 Å². The quantitative estimate of drug-likeness (QED) is 0.852. The van der Waals surface area contributed by atoms with Gasteiger partial charge in [0, 0.05) is 12.6 Å². The summed E-state index contributed by atoms with van der Waals surface area (Å²) in [5.74, 6) is 0.474. The number of tetrazole rings is 1. The minimum absolute atomic E-state index is 0.207. The van der Waals surface area contributed by atoms with Gasteiger partial charge in [-0.15, -0.1) is 5.10 Å². The Balaban J connectivity index is 1.54. The normalized spacial score (nSPS) is 18.5. The van der Waals surface area contributed by atoms with Crippen LogP contribution in [-0.2, 0) is 0 Å². The molecule has 2 unspecified atom stereocenters. The highest BCUT2D eigenvalue weighted by molar-refractivity contribution is 5.34. The highest BCUT2D eigenvalue weighted by atomic mass is 16.3. The summed E-state index contributed by atoms with van der Waals surface area (Å²) in [5.41, 5.74) is 2.13. The van der Waals surface area contributed by atoms with Crippen molar-refractivity contribution in [2.24, 2.45) is 5.92 Å². The molecule has 6 heteroatoms. The van der Waals surface area contributed by atoms with E-state index in [0.29, 0.717) is 12.5 Å². The monoisotopic (exact) mass is 301 g/mol. The Kier molecular flexibility index (Phi) is 4.80. The van der Waals surface area contributed by atoms with Gasteiger partial charge >= 0.3 is 0 Å². The van der Waals surface area contributed by atoms with Crippen LogP contribution >= 0.6 is 0 Å². The first-order chi connectivity index (χ1) is 10.7. The fraction of sp³-hybridized carbons (Fsp3) is 0.562. The molecule has 0 spiro atoms. The molecule has 1 aliphatic carbocycles. The number of hydrogen-bond donors (Lipinski definition) is 2. The lowest BCUT2D eigenvalue weighted by Gasteiger charge is -2.21. The molecule has 1 aliphatic rings. The largest absolute Gasteiger partial charge is 0.392 e. The van der Waals surface area contributed by atoms with Crippen LogP contribution in [0.1, 0.15) is 44.2 Å². The molecule has 6 nitrogen and oxygen atoms in total. The van der Waals surface area contributed by atoms with Crippen LogP contribution in [0.25, 0.3) is 5.69 Å². The minimum atomic E-state index is -0.231. The van der Waals surface area contributed by atoms with E-state index >= 15 is 0 Å². The third kappa shape index (κ3) is 3.51. The zero-order valence-electron chi connectivity index (χ0n) is 12.9. The first-order valence-corrected chi connectivity index (χ1v) is 7.99. The molecule has 1 fully saturated rings. The van der Waals surface area contributed by atoms with Crippen molar-refractivity contribution in [1.82, 2.24) is 25.5 Å². The van der Waals surface area contributed by atoms with Gasteiger partial charge in [0.25, 0.3) is 0 Å². The molecule has 0 radical (unpaired) electrons. The van der Waals surface area contributed by atoms with Crippen molar-refractivity contribution in [3.8, 4) is 5.69 Å². The summed E-state index contributed by atoms with van der Waals surface area (Å²) < 4.78 is 1.63. The average Bonchev–Trinajstić information content (AvgIpc) is 3.25. The van der Waals surface area contributed by atoms with Crippen molar-refractivity contribution in [2.45, 2.75) is 44.8 Å². The van der Waals surface area contributed by atoms with Crippen LogP contribution in [-0.4, -0.2) is 38.0 Å². The fourth-order valence-electron chi connectivity index (χ4n) is 3.12. The summed E-state index contributed by atoms with van der Waals surface area (Å²) in [7, 11) is 0. The molecule has 0 amide bonds. The summed E-state index contributed by atoms with van der Waals surface area (Å²) >= 11 is 0. The van der Waals surface area contributed by atoms with E-state index in [1.807, 2.05) is 12.1 Å². The maximum absolute atomic E-state index is 10.2. The van der Waals surface area contributed by atoms with Crippen molar-refractivity contribution >= 4 is 0 Å². The number of hydrogen-bond acceptors (Lipinski definition) is 5. The maximum Gasteiger partial charge on any atom is 0.143 e. The maximum atomic E-state index is 10.2. The van der Waals surface area contributed by atoms with Gasteiger partial charge in [-0.3, -0.25) is 0 Å². The van der Waals surface area contributed by atoms with E-state index in [1.54, 1.807) is 11.0 Å². The molecule has 0 saturated heterocycles. The van der Waals surface area contributed by atoms with E-state index in [0.717, 1.165) is 18.5 Å². The molecule has 0 bridgehead atoms. The summed E-state index contributed by atoms with van der Waals surface area (Å²) in [5, 5.41) is 24.8. The van der Waals surface area contributed by atoms with E-state index in [1.165, 1.54) is 18.4 Å². The zero-order valence-corrected chi connectivity index (χ0v) is 12.9. The van der Waals surface area contributed by atoms with Crippen LogP contribution in [0.5, 0.6) is 0 Å². The lowest BCUT2D eigenvalue weighted by molar-refractivity contribution is 0.106. The molecule has 3 rings (SSSR count). The van der Waals surface area contributed by atoms with Gasteiger partial charge in [-0.2, -0.15) is 0 Å². The van der Waals surface area contributed by atoms with Gasteiger partial charge in [0.05, 0.1) is 11.8 Å². The first-order valence-electron chi connectivity index (χ1n) is 7.99. The number of aliphatic hydroxyl groups is 1. The number of nitrogens with zero attached hydrogens (tertiary/aromatic N) is 4. The van der Waals surface area contributed by atoms with Crippen LogP contribution in [0.15, 0.2) is 30.6 Å². The molecule has 1 aromatic carbocycles. The first kappa shape index (κ1) is 15.1. The van der Waals surface area contributed by atoms with Gasteiger partial charge in [-0.05, 0) is 53.8 Å². The lowest BCUT2D eigenvalue weighted by atomic mass is 10.00. The van der Waals surface area contributed by atoms with Crippen LogP contribution in [0.2, 0.25) is 0 Å². The molecular weight excluding hydrogens is 278 g/mol. The smallest absolute Gasteiger partial charge is 0.143 e. The third-order valence-electron chi connectivity index (χ3n) is 4.58. The van der Waals surface area contributed by atoms with Gasteiger partial charge in [0.2, 0.25) is 0 Å². The molecule has 1 saturated carbocycles. The molecular formula is C16H23N5O. The number of benzene rings is 1. The molecule has 2 aromatic rings. The van der Waals surface area contributed by atoms with Gasteiger partial charge in [0.15, 0.2) is 0 Å². The van der Waals surface area contributed by atoms with Crippen LogP contribution in [0.3, 0.4) is 0 Å². The SMILES string of the molecule is CC(NCC(O)C1CCCC1)c1ccc(-n2cnnn2)cc1. The van der Waals surface area contributed by atoms with E-state index in [4.69, 9.17) is 0 Å². The summed E-state index contributed by atoms with van der Waals surface area (Å²) in [6.45, 7) is 2.77. The fourth-order valence-corrected chi connectivity index (χ4v) is 3.12. The standard InChI is InChI=1S/C16H23N5O/c1-12(17-10-16(22)14-4-2-3-5-14)13-6-8-15(9-7-13)21-11-18-19-20-21/h6-9,11-12,14,16-17,22H,2-5,10H2,1H3. The minimum Gasteiger partial charge on any atom is -0.392 e. The second kappa shape index (κ2) is 6.98. The van der Waals surface area contributed by atoms with Crippen molar-refractivity contribution in [1.29, 1.82) is 0 Å². The van der Waals surface area contributed by atoms with Crippen molar-refractivity contribution in [3.05, 3.63) is 36.2 Å². The highest BCUT2D eigenvalue weighted by Gasteiger charge is 2.23. The Morgan fingerprint density at radius 1 is 1.27 bits per heavy atom. The molecule has 2 N–H and O–H groups in total.